The molecule has 1 aromatic carbocycles. The Morgan fingerprint density at radius 2 is 2.13 bits per heavy atom. The van der Waals surface area contributed by atoms with Crippen LogP contribution in [0.3, 0.4) is 0 Å². The monoisotopic (exact) mass is 249 g/mol. The van der Waals surface area contributed by atoms with E-state index in [0.717, 1.165) is 18.5 Å². The van der Waals surface area contributed by atoms with Gasteiger partial charge >= 0.3 is 0 Å². The van der Waals surface area contributed by atoms with Crippen LogP contribution in [0.4, 0.5) is 4.39 Å². The van der Waals surface area contributed by atoms with E-state index in [9.17, 15) is 4.39 Å². The van der Waals surface area contributed by atoms with Gasteiger partial charge in [0, 0.05) is 17.4 Å². The van der Waals surface area contributed by atoms with Crippen LogP contribution < -0.4 is 5.32 Å². The van der Waals surface area contributed by atoms with Gasteiger partial charge in [-0.25, -0.2) is 4.39 Å². The van der Waals surface area contributed by atoms with Crippen LogP contribution in [0.2, 0.25) is 5.02 Å². The zero-order valence-corrected chi connectivity index (χ0v) is 10.1. The Kier molecular flexibility index (Phi) is 5.37. The van der Waals surface area contributed by atoms with E-state index >= 15 is 0 Å². The van der Waals surface area contributed by atoms with Crippen LogP contribution in [-0.2, 0) is 6.54 Å². The molecule has 0 aliphatic carbocycles. The summed E-state index contributed by atoms with van der Waals surface area (Å²) in [6, 6.07) is 3.13. The molecule has 0 heterocycles. The van der Waals surface area contributed by atoms with Gasteiger partial charge in [-0.2, -0.15) is 0 Å². The second kappa shape index (κ2) is 6.31. The fourth-order valence-electron chi connectivity index (χ4n) is 1.24. The summed E-state index contributed by atoms with van der Waals surface area (Å²) in [5.41, 5.74) is 1.36. The van der Waals surface area contributed by atoms with Crippen LogP contribution >= 0.6 is 23.2 Å². The summed E-state index contributed by atoms with van der Waals surface area (Å²) in [5, 5.41) is 3.76. The average molecular weight is 250 g/mol. The lowest BCUT2D eigenvalue weighted by molar-refractivity contribution is 0.611. The highest BCUT2D eigenvalue weighted by Crippen LogP contribution is 2.20. The molecule has 0 unspecified atom stereocenters. The van der Waals surface area contributed by atoms with Crippen LogP contribution in [0.15, 0.2) is 12.1 Å². The normalized spacial score (nSPS) is 10.7. The lowest BCUT2D eigenvalue weighted by Gasteiger charge is -2.07. The first-order valence-electron chi connectivity index (χ1n) is 4.86. The molecule has 0 radical (unpaired) electrons. The Morgan fingerprint density at radius 1 is 1.40 bits per heavy atom. The molecule has 0 aliphatic rings. The Hall–Kier alpha value is -0.310. The molecule has 0 fully saturated rings. The van der Waals surface area contributed by atoms with Crippen molar-refractivity contribution in [3.05, 3.63) is 34.1 Å². The maximum absolute atomic E-state index is 13.2. The topological polar surface area (TPSA) is 12.0 Å². The van der Waals surface area contributed by atoms with Gasteiger partial charge in [0.25, 0.3) is 0 Å². The van der Waals surface area contributed by atoms with E-state index in [4.69, 9.17) is 23.2 Å². The van der Waals surface area contributed by atoms with Crippen molar-refractivity contribution in [2.24, 2.45) is 0 Å². The van der Waals surface area contributed by atoms with Crippen LogP contribution in [0.25, 0.3) is 0 Å². The molecule has 84 valence electrons. The smallest absolute Gasteiger partial charge is 0.126 e. The highest BCUT2D eigenvalue weighted by molar-refractivity contribution is 6.31. The van der Waals surface area contributed by atoms with Crippen LogP contribution in [0.1, 0.15) is 17.5 Å². The molecule has 0 bridgehead atoms. The molecule has 0 atom stereocenters. The highest BCUT2D eigenvalue weighted by atomic mass is 35.5. The maximum atomic E-state index is 13.2. The Labute approximate surface area is 99.6 Å². The fraction of sp³-hybridized carbons (Fsp3) is 0.455. The van der Waals surface area contributed by atoms with Gasteiger partial charge < -0.3 is 5.32 Å². The van der Waals surface area contributed by atoms with Crippen molar-refractivity contribution in [2.75, 3.05) is 12.4 Å². The van der Waals surface area contributed by atoms with E-state index in [1.165, 1.54) is 6.07 Å². The number of alkyl halides is 1. The summed E-state index contributed by atoms with van der Waals surface area (Å²) in [6.07, 6.45) is 0.896. The molecule has 15 heavy (non-hydrogen) atoms. The standard InChI is InChI=1S/C11H14Cl2FN/c1-8-5-10(13)9(6-11(8)14)7-15-4-2-3-12/h5-6,15H,2-4,7H2,1H3. The van der Waals surface area contributed by atoms with E-state index in [0.29, 0.717) is 23.0 Å². The molecule has 1 N–H and O–H groups in total. The van der Waals surface area contributed by atoms with Crippen molar-refractivity contribution in [2.45, 2.75) is 19.9 Å². The van der Waals surface area contributed by atoms with Gasteiger partial charge in [0.2, 0.25) is 0 Å². The van der Waals surface area contributed by atoms with Crippen LogP contribution in [0.5, 0.6) is 0 Å². The molecule has 0 aromatic heterocycles. The van der Waals surface area contributed by atoms with Crippen molar-refractivity contribution in [3.8, 4) is 0 Å². The Balaban J connectivity index is 2.57. The largest absolute Gasteiger partial charge is 0.313 e. The zero-order valence-electron chi connectivity index (χ0n) is 8.62. The van der Waals surface area contributed by atoms with E-state index in [2.05, 4.69) is 5.32 Å². The van der Waals surface area contributed by atoms with E-state index in [-0.39, 0.29) is 5.82 Å². The number of hydrogen-bond donors (Lipinski definition) is 1. The summed E-state index contributed by atoms with van der Waals surface area (Å²) in [5.74, 6) is 0.414. The maximum Gasteiger partial charge on any atom is 0.126 e. The second-order valence-corrected chi connectivity index (χ2v) is 4.20. The molecule has 0 saturated carbocycles. The fourth-order valence-corrected chi connectivity index (χ4v) is 1.66. The first-order chi connectivity index (χ1) is 7.15. The van der Waals surface area contributed by atoms with Gasteiger partial charge in [-0.3, -0.25) is 0 Å². The van der Waals surface area contributed by atoms with Crippen LogP contribution in [0, 0.1) is 12.7 Å². The minimum absolute atomic E-state index is 0.214. The molecule has 0 saturated heterocycles. The van der Waals surface area contributed by atoms with Crippen molar-refractivity contribution >= 4 is 23.2 Å². The van der Waals surface area contributed by atoms with E-state index in [1.54, 1.807) is 13.0 Å². The third-order valence-corrected chi connectivity index (χ3v) is 2.75. The average Bonchev–Trinajstić information content (AvgIpc) is 2.20. The molecule has 0 spiro atoms. The summed E-state index contributed by atoms with van der Waals surface area (Å²) in [4.78, 5) is 0. The van der Waals surface area contributed by atoms with E-state index < -0.39 is 0 Å². The molecular formula is C11H14Cl2FN. The number of benzene rings is 1. The quantitative estimate of drug-likeness (QED) is 0.623. The summed E-state index contributed by atoms with van der Waals surface area (Å²) >= 11 is 11.5. The zero-order chi connectivity index (χ0) is 11.3. The first kappa shape index (κ1) is 12.8. The van der Waals surface area contributed by atoms with Crippen molar-refractivity contribution in [1.82, 2.24) is 5.32 Å². The number of rotatable bonds is 5. The number of aryl methyl sites for hydroxylation is 1. The summed E-state index contributed by atoms with van der Waals surface area (Å²) in [6.45, 7) is 3.09. The molecular weight excluding hydrogens is 236 g/mol. The number of nitrogens with one attached hydrogen (secondary N) is 1. The lowest BCUT2D eigenvalue weighted by atomic mass is 10.1. The summed E-state index contributed by atoms with van der Waals surface area (Å²) < 4.78 is 13.2. The molecule has 1 nitrogen and oxygen atoms in total. The molecule has 0 amide bonds. The third kappa shape index (κ3) is 3.98. The summed E-state index contributed by atoms with van der Waals surface area (Å²) in [7, 11) is 0. The van der Waals surface area contributed by atoms with Crippen molar-refractivity contribution < 1.29 is 4.39 Å². The third-order valence-electron chi connectivity index (χ3n) is 2.13. The molecule has 1 rings (SSSR count). The van der Waals surface area contributed by atoms with Crippen LogP contribution in [-0.4, -0.2) is 12.4 Å². The Morgan fingerprint density at radius 3 is 2.80 bits per heavy atom. The predicted molar refractivity (Wildman–Crippen MR) is 63.2 cm³/mol. The molecule has 0 aliphatic heterocycles. The van der Waals surface area contributed by atoms with E-state index in [1.807, 2.05) is 0 Å². The van der Waals surface area contributed by atoms with Gasteiger partial charge in [0.05, 0.1) is 0 Å². The number of hydrogen-bond acceptors (Lipinski definition) is 1. The Bertz CT molecular complexity index is 329. The van der Waals surface area contributed by atoms with Gasteiger partial charge in [0.1, 0.15) is 5.82 Å². The van der Waals surface area contributed by atoms with Gasteiger partial charge in [-0.15, -0.1) is 11.6 Å². The molecule has 1 aromatic rings. The minimum Gasteiger partial charge on any atom is -0.313 e. The van der Waals surface area contributed by atoms with Crippen molar-refractivity contribution in [3.63, 3.8) is 0 Å². The highest BCUT2D eigenvalue weighted by Gasteiger charge is 2.04. The van der Waals surface area contributed by atoms with Gasteiger partial charge in [-0.1, -0.05) is 11.6 Å². The first-order valence-corrected chi connectivity index (χ1v) is 5.77. The minimum atomic E-state index is -0.214. The SMILES string of the molecule is Cc1cc(Cl)c(CNCCCCl)cc1F. The predicted octanol–water partition coefficient (Wildman–Crippen LogP) is 3.51. The van der Waals surface area contributed by atoms with Gasteiger partial charge in [0.15, 0.2) is 0 Å². The van der Waals surface area contributed by atoms with Crippen molar-refractivity contribution in [1.29, 1.82) is 0 Å². The second-order valence-electron chi connectivity index (χ2n) is 3.41. The van der Waals surface area contributed by atoms with Gasteiger partial charge in [-0.05, 0) is 43.1 Å². The lowest BCUT2D eigenvalue weighted by Crippen LogP contribution is -2.15. The molecule has 4 heteroatoms. The number of halogens is 3.